The van der Waals surface area contributed by atoms with Gasteiger partial charge >= 0.3 is 5.97 Å². The van der Waals surface area contributed by atoms with Crippen LogP contribution in [-0.2, 0) is 119 Å². The van der Waals surface area contributed by atoms with E-state index < -0.39 is 414 Å². The Morgan fingerprint density at radius 3 is 1.15 bits per heavy atom. The van der Waals surface area contributed by atoms with Crippen molar-refractivity contribution in [3.8, 4) is 0 Å². The smallest absolute Gasteiger partial charge is 0.364 e. The van der Waals surface area contributed by atoms with Crippen LogP contribution in [0.4, 0.5) is 0 Å². The summed E-state index contributed by atoms with van der Waals surface area (Å²) in [6.07, 6.45) is -99.3. The van der Waals surface area contributed by atoms with Crippen LogP contribution < -0.4 is 26.6 Å². The summed E-state index contributed by atoms with van der Waals surface area (Å²) in [5.41, 5.74) is 0. The Kier molecular flexibility index (Phi) is 38.4. The first-order valence-corrected chi connectivity index (χ1v) is 41.6. The fraction of sp³-hybridized carbons (Fsp3) is 0.918. The molecule has 0 aromatic rings. The van der Waals surface area contributed by atoms with Crippen molar-refractivity contribution in [1.29, 1.82) is 0 Å². The zero-order valence-electron chi connectivity index (χ0n) is 70.7. The van der Waals surface area contributed by atoms with E-state index in [4.69, 9.17) is 90.0 Å². The number of ether oxygens (including phenoxy) is 19. The Labute approximate surface area is 741 Å². The van der Waals surface area contributed by atoms with Gasteiger partial charge in [-0.3, -0.25) is 24.0 Å². The topological polar surface area (TPSA) is 904 Å². The van der Waals surface area contributed by atoms with E-state index in [9.17, 15) is 172 Å². The largest absolute Gasteiger partial charge is 0.477 e. The van der Waals surface area contributed by atoms with E-state index in [1.54, 1.807) is 0 Å². The second-order valence-corrected chi connectivity index (χ2v) is 33.2. The molecule has 10 fully saturated rings. The molecular weight excluding hydrogens is 1790 g/mol. The highest BCUT2D eigenvalue weighted by atomic mass is 16.8. The normalized spacial score (nSPS) is 47.5. The van der Waals surface area contributed by atoms with Crippen LogP contribution in [0.3, 0.4) is 0 Å². The molecule has 0 aliphatic carbocycles. The van der Waals surface area contributed by atoms with Gasteiger partial charge < -0.3 is 260 Å². The fourth-order valence-corrected chi connectivity index (χ4v) is 16.8. The summed E-state index contributed by atoms with van der Waals surface area (Å²) in [4.78, 5) is 77.5. The highest BCUT2D eigenvalue weighted by molar-refractivity contribution is 5.77. The van der Waals surface area contributed by atoms with Crippen LogP contribution in [0.5, 0.6) is 0 Å². The van der Waals surface area contributed by atoms with E-state index in [0.29, 0.717) is 0 Å². The van der Waals surface area contributed by atoms with Crippen molar-refractivity contribution in [2.24, 2.45) is 0 Å². The number of hydrogen-bond acceptors (Lipinski definition) is 52. The number of nitrogens with one attached hydrogen (secondary N) is 5. The van der Waals surface area contributed by atoms with Crippen LogP contribution >= 0.6 is 0 Å². The molecule has 0 spiro atoms. The average molecular weight is 1920 g/mol. The Morgan fingerprint density at radius 2 is 0.672 bits per heavy atom. The molecule has 131 heavy (non-hydrogen) atoms. The van der Waals surface area contributed by atoms with Gasteiger partial charge in [-0.25, -0.2) is 4.79 Å². The van der Waals surface area contributed by atoms with Gasteiger partial charge in [0.15, 0.2) is 56.6 Å². The van der Waals surface area contributed by atoms with Crippen LogP contribution in [0.25, 0.3) is 0 Å². The van der Waals surface area contributed by atoms with Gasteiger partial charge in [-0.05, 0) is 6.92 Å². The Bertz CT molecular complexity index is 3660. The van der Waals surface area contributed by atoms with Gasteiger partial charge in [-0.1, -0.05) is 0 Å². The average Bonchev–Trinajstić information content (AvgIpc) is 0.766. The second-order valence-electron chi connectivity index (χ2n) is 33.2. The number of aliphatic hydroxyl groups is 27. The van der Waals surface area contributed by atoms with Gasteiger partial charge in [-0.15, -0.1) is 0 Å². The number of rotatable bonds is 35. The predicted molar refractivity (Wildman–Crippen MR) is 403 cm³/mol. The van der Waals surface area contributed by atoms with E-state index >= 15 is 0 Å². The number of aliphatic hydroxyl groups excluding tert-OH is 27. The van der Waals surface area contributed by atoms with Crippen LogP contribution in [0.15, 0.2) is 0 Å². The van der Waals surface area contributed by atoms with Crippen molar-refractivity contribution >= 4 is 35.5 Å². The van der Waals surface area contributed by atoms with Gasteiger partial charge in [0, 0.05) is 41.0 Å². The lowest BCUT2D eigenvalue weighted by atomic mass is 9.88. The molecule has 5 amide bonds. The van der Waals surface area contributed by atoms with E-state index in [1.807, 2.05) is 0 Å². The molecule has 58 nitrogen and oxygen atoms in total. The molecule has 10 aliphatic rings. The first kappa shape index (κ1) is 108. The van der Waals surface area contributed by atoms with Gasteiger partial charge in [-0.2, -0.15) is 0 Å². The SMILES string of the molecule is CC(=O)N[C@H]1[C@H](O[C@H]2[C@H](O)[C@@H](NC(C)=O)C(O)O[C@@H]2CO[C@@H]2O[C@@H](C)[C@@H](O)[C@@H](O)[C@@H]2O)O[C@H](CO)[C@@H](O[C@@H]2O[C@H](CO[C@H]3O[C@H](CO)[C@@H](O)[C@H](O)[C@@H]3O)[C@@H](O[C@@H]3O[C@H](CO)[C@@H](O)[C@H](O)[C@H]3NC(C)=O)[C@H](O[C@H]3O[C@H](CO)[C@@H](O)[C@H](O)[C@@H]3O[C@@H]3O[C@H](CO)[C@@H](O[C@@H]4O[C@H](CO[C@]5(C(=O)O)C[C@H](O)[C@@H](NC(C)=O)[C@H]([C@H](O)[C@H](O)CO)O5)[C@H](O)[C@H](O)[C@H]4O)[C@H](O)[C@H]3NC(C)=O)[C@@H]2O)[C@@H]1O. The van der Waals surface area contributed by atoms with Crippen LogP contribution in [0.1, 0.15) is 48.0 Å². The summed E-state index contributed by atoms with van der Waals surface area (Å²) in [6, 6.07) is -9.72. The van der Waals surface area contributed by atoms with Crippen LogP contribution in [0, 0.1) is 0 Å². The van der Waals surface area contributed by atoms with Crippen molar-refractivity contribution in [2.45, 2.75) is 360 Å². The molecule has 0 radical (unpaired) electrons. The summed E-state index contributed by atoms with van der Waals surface area (Å²) >= 11 is 0. The summed E-state index contributed by atoms with van der Waals surface area (Å²) < 4.78 is 114. The van der Waals surface area contributed by atoms with Crippen molar-refractivity contribution in [1.82, 2.24) is 26.6 Å². The number of hydrogen-bond donors (Lipinski definition) is 33. The molecule has 0 aromatic heterocycles. The standard InChI is InChI=1S/C73H121N5O53/c1-17-38(92)48(102)52(106)67(116-17)113-14-31-58(45(99)34(63(110)117-31)75-19(3)86)125-65-36(77-21(5)88)46(100)57(29(13-84)121-65)127-70-55(109)61(59(128-64-35(76-20(4)87)44(98)40(94)25(9-80)118-64)32(124-70)15-114-68-53(107)49(103)41(95)26(10-81)119-68)129-71-62(51(105)42(96)27(11-82)120-71)130-66-37(78-22(6)89)47(101)56(28(12-83)122-66)126-69-54(108)50(104)43(97)30(123-69)16-115-73(72(111)112)7-23(90)33(74-18(2)85)60(131-73)39(93)24(91)8-79/h17,23-71,79-84,90-110H,7-16H2,1-6H3,(H,74,85)(H,75,86)(H,76,87)(H,77,88)(H,78,89)(H,111,112)/t17-,23-,24+,25+,26+,27+,28+,29+,30+,31+,32+,33+,34+,35+,36+,37+,38+,39+,40+,41+,42+,43-,44+,45+,46+,47+,48+,49-,50-,51-,52-,53-,54+,55-,56+,57+,58+,59+,60+,61+,62-,63?,64-,65-,66-,67+,68-,69-,70-,71+,73+/m0/s1. The molecule has 33 N–H and O–H groups in total. The van der Waals surface area contributed by atoms with Gasteiger partial charge in [0.2, 0.25) is 29.5 Å². The molecule has 10 rings (SSSR count). The third-order valence-corrected chi connectivity index (χ3v) is 23.8. The first-order valence-electron chi connectivity index (χ1n) is 41.6. The minimum Gasteiger partial charge on any atom is -0.477 e. The monoisotopic (exact) mass is 1920 g/mol. The molecule has 10 heterocycles. The van der Waals surface area contributed by atoms with Crippen molar-refractivity contribution < 1.29 is 262 Å². The second kappa shape index (κ2) is 46.6. The number of carboxylic acid groups (broad SMARTS) is 1. The number of amides is 5. The van der Waals surface area contributed by atoms with E-state index in [2.05, 4.69) is 26.6 Å². The van der Waals surface area contributed by atoms with Crippen molar-refractivity contribution in [3.05, 3.63) is 0 Å². The summed E-state index contributed by atoms with van der Waals surface area (Å²) in [5, 5.41) is 326. The molecule has 0 aromatic carbocycles. The van der Waals surface area contributed by atoms with Gasteiger partial charge in [0.25, 0.3) is 5.79 Å². The number of aliphatic carboxylic acids is 1. The van der Waals surface area contributed by atoms with Crippen molar-refractivity contribution in [2.75, 3.05) is 59.5 Å². The maximum atomic E-state index is 13.4. The van der Waals surface area contributed by atoms with E-state index in [-0.39, 0.29) is 0 Å². The number of carboxylic acids is 1. The third-order valence-electron chi connectivity index (χ3n) is 23.8. The zero-order valence-corrected chi connectivity index (χ0v) is 70.7. The fourth-order valence-electron chi connectivity index (χ4n) is 16.8. The summed E-state index contributed by atoms with van der Waals surface area (Å²) in [6.45, 7) is -4.80. The lowest BCUT2D eigenvalue weighted by molar-refractivity contribution is -0.408. The number of carbonyl (C=O) groups excluding carboxylic acids is 5. The molecule has 58 heteroatoms. The predicted octanol–water partition coefficient (Wildman–Crippen LogP) is -21.9. The van der Waals surface area contributed by atoms with E-state index in [1.165, 1.54) is 6.92 Å². The molecule has 1 unspecified atom stereocenters. The molecule has 0 bridgehead atoms. The molecule has 10 aliphatic heterocycles. The summed E-state index contributed by atoms with van der Waals surface area (Å²) in [7, 11) is 0. The molecule has 10 saturated heterocycles. The minimum absolute atomic E-state index is 0.851. The lowest BCUT2D eigenvalue weighted by Crippen LogP contribution is -2.71. The quantitative estimate of drug-likeness (QED) is 0.0280. The van der Waals surface area contributed by atoms with Crippen LogP contribution in [0.2, 0.25) is 0 Å². The van der Waals surface area contributed by atoms with Gasteiger partial charge in [0.05, 0.1) is 77.7 Å². The number of carbonyl (C=O) groups is 6. The lowest BCUT2D eigenvalue weighted by Gasteiger charge is -2.52. The Balaban J connectivity index is 1.01. The maximum absolute atomic E-state index is 13.4. The van der Waals surface area contributed by atoms with Gasteiger partial charge in [0.1, 0.15) is 232 Å². The van der Waals surface area contributed by atoms with Crippen LogP contribution in [-0.4, -0.2) is 550 Å². The Morgan fingerprint density at radius 1 is 0.328 bits per heavy atom. The molecule has 0 saturated carbocycles. The first-order chi connectivity index (χ1) is 61.7. The minimum atomic E-state index is -3.12. The summed E-state index contributed by atoms with van der Waals surface area (Å²) in [5.74, 6) is -10.00. The highest BCUT2D eigenvalue weighted by Gasteiger charge is 2.63. The zero-order chi connectivity index (χ0) is 96.9. The van der Waals surface area contributed by atoms with Crippen molar-refractivity contribution in [3.63, 3.8) is 0 Å². The molecule has 51 atom stereocenters. The maximum Gasteiger partial charge on any atom is 0.364 e. The third kappa shape index (κ3) is 24.3. The Hall–Kier alpha value is -5.02. The van der Waals surface area contributed by atoms with E-state index in [0.717, 1.165) is 34.6 Å². The highest BCUT2D eigenvalue weighted by Crippen LogP contribution is 2.42. The molecular formula is C73H121N5O53. The molecule has 756 valence electrons.